The van der Waals surface area contributed by atoms with Gasteiger partial charge in [-0.3, -0.25) is 4.79 Å². The van der Waals surface area contributed by atoms with Crippen molar-refractivity contribution in [2.24, 2.45) is 5.92 Å². The first-order chi connectivity index (χ1) is 15.4. The zero-order valence-corrected chi connectivity index (χ0v) is 19.4. The van der Waals surface area contributed by atoms with Crippen molar-refractivity contribution in [3.05, 3.63) is 75.0 Å². The first-order valence-corrected chi connectivity index (χ1v) is 10.8. The third-order valence-electron chi connectivity index (χ3n) is 4.72. The van der Waals surface area contributed by atoms with Crippen molar-refractivity contribution in [1.29, 1.82) is 0 Å². The number of hydrogen-bond donors (Lipinski definition) is 2. The van der Waals surface area contributed by atoms with Gasteiger partial charge in [-0.1, -0.05) is 61.8 Å². The number of methoxy groups -OCH3 is 1. The summed E-state index contributed by atoms with van der Waals surface area (Å²) in [5.74, 6) is 1.92. The number of aromatic nitrogens is 2. The monoisotopic (exact) mass is 457 g/mol. The van der Waals surface area contributed by atoms with Crippen LogP contribution in [0.15, 0.2) is 53.3 Å². The molecule has 0 radical (unpaired) electrons. The summed E-state index contributed by atoms with van der Waals surface area (Å²) in [5.41, 5.74) is 1.73. The maximum Gasteiger partial charge on any atom is 0.285 e. The van der Waals surface area contributed by atoms with Crippen molar-refractivity contribution in [1.82, 2.24) is 10.2 Å². The lowest BCUT2D eigenvalue weighted by Crippen LogP contribution is -2.16. The van der Waals surface area contributed by atoms with Gasteiger partial charge in [0, 0.05) is 6.54 Å². The van der Waals surface area contributed by atoms with E-state index in [0.717, 1.165) is 11.1 Å². The predicted octanol–water partition coefficient (Wildman–Crippen LogP) is 5.22. The van der Waals surface area contributed by atoms with Crippen LogP contribution in [-0.4, -0.2) is 23.9 Å². The number of benzene rings is 2. The Labute approximate surface area is 192 Å². The van der Waals surface area contributed by atoms with E-state index in [-0.39, 0.29) is 17.0 Å². The van der Waals surface area contributed by atoms with E-state index in [4.69, 9.17) is 25.8 Å². The Morgan fingerprint density at radius 1 is 1.09 bits per heavy atom. The van der Waals surface area contributed by atoms with Crippen molar-refractivity contribution in [2.75, 3.05) is 19.0 Å². The zero-order valence-electron chi connectivity index (χ0n) is 18.6. The molecule has 2 aromatic carbocycles. The fraction of sp³-hybridized carbons (Fsp3) is 0.333. The maximum atomic E-state index is 12.1. The van der Waals surface area contributed by atoms with Gasteiger partial charge < -0.3 is 19.5 Å². The second-order valence-corrected chi connectivity index (χ2v) is 8.14. The fourth-order valence-corrected chi connectivity index (χ4v) is 3.19. The molecule has 0 amide bonds. The van der Waals surface area contributed by atoms with Crippen molar-refractivity contribution < 1.29 is 14.2 Å². The van der Waals surface area contributed by atoms with E-state index < -0.39 is 5.56 Å². The minimum Gasteiger partial charge on any atom is -0.493 e. The van der Waals surface area contributed by atoms with Crippen LogP contribution in [0.1, 0.15) is 38.0 Å². The average molecular weight is 458 g/mol. The van der Waals surface area contributed by atoms with Crippen LogP contribution >= 0.6 is 11.6 Å². The number of rotatable bonds is 10. The third kappa shape index (κ3) is 5.95. The average Bonchev–Trinajstić information content (AvgIpc) is 2.80. The molecule has 1 atom stereocenters. The van der Waals surface area contributed by atoms with E-state index >= 15 is 0 Å². The lowest BCUT2D eigenvalue weighted by atomic mass is 10.1. The normalized spacial score (nSPS) is 11.8. The Morgan fingerprint density at radius 2 is 1.84 bits per heavy atom. The minimum atomic E-state index is -0.496. The molecule has 0 aliphatic carbocycles. The Bertz CT molecular complexity index is 1090. The van der Waals surface area contributed by atoms with E-state index in [1.165, 1.54) is 0 Å². The van der Waals surface area contributed by atoms with Gasteiger partial charge in [0.25, 0.3) is 11.4 Å². The van der Waals surface area contributed by atoms with E-state index in [0.29, 0.717) is 36.3 Å². The van der Waals surface area contributed by atoms with Crippen molar-refractivity contribution in [3.8, 4) is 17.4 Å². The van der Waals surface area contributed by atoms with Crippen LogP contribution in [0.4, 0.5) is 5.69 Å². The highest BCUT2D eigenvalue weighted by Crippen LogP contribution is 2.32. The molecule has 0 fully saturated rings. The molecule has 1 heterocycles. The summed E-state index contributed by atoms with van der Waals surface area (Å²) in [5, 5.41) is 9.61. The van der Waals surface area contributed by atoms with Crippen molar-refractivity contribution in [2.45, 2.75) is 33.4 Å². The Hall–Kier alpha value is -3.19. The summed E-state index contributed by atoms with van der Waals surface area (Å²) in [6.45, 7) is 7.02. The molecule has 0 aliphatic heterocycles. The zero-order chi connectivity index (χ0) is 23.1. The highest BCUT2D eigenvalue weighted by molar-refractivity contribution is 6.33. The van der Waals surface area contributed by atoms with Gasteiger partial charge in [-0.05, 0) is 36.1 Å². The summed E-state index contributed by atoms with van der Waals surface area (Å²) in [6.07, 6.45) is -0.289. The van der Waals surface area contributed by atoms with Gasteiger partial charge in [-0.15, -0.1) is 5.10 Å². The molecule has 32 heavy (non-hydrogen) atoms. The number of anilines is 1. The van der Waals surface area contributed by atoms with Crippen LogP contribution in [0.3, 0.4) is 0 Å². The molecule has 1 unspecified atom stereocenters. The van der Waals surface area contributed by atoms with Crippen LogP contribution in [0.2, 0.25) is 5.02 Å². The fourth-order valence-electron chi connectivity index (χ4n) is 3.00. The molecule has 170 valence electrons. The lowest BCUT2D eigenvalue weighted by Gasteiger charge is -2.18. The topological polar surface area (TPSA) is 85.5 Å². The number of H-pyrrole nitrogens is 1. The van der Waals surface area contributed by atoms with Crippen LogP contribution in [0.5, 0.6) is 17.4 Å². The van der Waals surface area contributed by atoms with Crippen LogP contribution in [-0.2, 0) is 6.54 Å². The van der Waals surface area contributed by atoms with E-state index in [1.54, 1.807) is 7.11 Å². The highest BCUT2D eigenvalue weighted by atomic mass is 35.5. The molecule has 0 saturated heterocycles. The van der Waals surface area contributed by atoms with Gasteiger partial charge in [0.2, 0.25) is 0 Å². The molecule has 7 nitrogen and oxygen atoms in total. The lowest BCUT2D eigenvalue weighted by molar-refractivity contribution is 0.216. The number of nitrogens with zero attached hydrogens (tertiary/aromatic N) is 1. The molecular weight excluding hydrogens is 430 g/mol. The van der Waals surface area contributed by atoms with Crippen LogP contribution in [0, 0.1) is 5.92 Å². The quantitative estimate of drug-likeness (QED) is 0.434. The summed E-state index contributed by atoms with van der Waals surface area (Å²) in [7, 11) is 1.61. The summed E-state index contributed by atoms with van der Waals surface area (Å²) >= 11 is 6.29. The number of halogens is 1. The second-order valence-electron chi connectivity index (χ2n) is 7.76. The van der Waals surface area contributed by atoms with Gasteiger partial charge in [0.1, 0.15) is 16.8 Å². The molecule has 1 aromatic heterocycles. The first kappa shape index (κ1) is 23.5. The SMILES string of the molecule is COc1ccc(CNc2c(OC(C)c3ccccc3)n[nH]c(=O)c2Cl)cc1OCC(C)C. The van der Waals surface area contributed by atoms with E-state index in [1.807, 2.05) is 55.5 Å². The smallest absolute Gasteiger partial charge is 0.285 e. The van der Waals surface area contributed by atoms with E-state index in [9.17, 15) is 4.79 Å². The van der Waals surface area contributed by atoms with Crippen LogP contribution in [0.25, 0.3) is 0 Å². The molecule has 0 saturated carbocycles. The van der Waals surface area contributed by atoms with Crippen LogP contribution < -0.4 is 25.1 Å². The van der Waals surface area contributed by atoms with Crippen molar-refractivity contribution >= 4 is 17.3 Å². The standard InChI is InChI=1S/C24H28ClN3O4/c1-15(2)14-31-20-12-17(10-11-19(20)30-4)13-26-22-21(25)23(29)27-28-24(22)32-16(3)18-8-6-5-7-9-18/h5-12,15-16H,13-14H2,1-4H3,(H2,26,27,29). The van der Waals surface area contributed by atoms with E-state index in [2.05, 4.69) is 29.4 Å². The van der Waals surface area contributed by atoms with Gasteiger partial charge in [-0.25, -0.2) is 5.10 Å². The summed E-state index contributed by atoms with van der Waals surface area (Å²) in [4.78, 5) is 12.1. The molecule has 3 aromatic rings. The third-order valence-corrected chi connectivity index (χ3v) is 5.08. The van der Waals surface area contributed by atoms with Gasteiger partial charge in [0.05, 0.1) is 13.7 Å². The number of nitrogens with one attached hydrogen (secondary N) is 2. The number of ether oxygens (including phenoxy) is 3. The molecule has 0 aliphatic rings. The van der Waals surface area contributed by atoms with Gasteiger partial charge in [0.15, 0.2) is 11.5 Å². The molecule has 8 heteroatoms. The van der Waals surface area contributed by atoms with Gasteiger partial charge in [-0.2, -0.15) is 0 Å². The molecule has 0 bridgehead atoms. The predicted molar refractivity (Wildman–Crippen MR) is 126 cm³/mol. The molecule has 2 N–H and O–H groups in total. The highest BCUT2D eigenvalue weighted by Gasteiger charge is 2.18. The maximum absolute atomic E-state index is 12.1. The Morgan fingerprint density at radius 3 is 2.53 bits per heavy atom. The number of aromatic amines is 1. The second kappa shape index (κ2) is 10.9. The Balaban J connectivity index is 1.80. The number of hydrogen-bond acceptors (Lipinski definition) is 6. The largest absolute Gasteiger partial charge is 0.493 e. The summed E-state index contributed by atoms with van der Waals surface area (Å²) < 4.78 is 17.3. The Kier molecular flexibility index (Phi) is 8.00. The summed E-state index contributed by atoms with van der Waals surface area (Å²) in [6, 6.07) is 15.4. The van der Waals surface area contributed by atoms with Crippen molar-refractivity contribution in [3.63, 3.8) is 0 Å². The molecule has 3 rings (SSSR count). The molecular formula is C24H28ClN3O4. The minimum absolute atomic E-state index is 0.0138. The molecule has 0 spiro atoms. The first-order valence-electron chi connectivity index (χ1n) is 10.4. The van der Waals surface area contributed by atoms with Gasteiger partial charge >= 0.3 is 0 Å².